The van der Waals surface area contributed by atoms with E-state index in [2.05, 4.69) is 11.6 Å². The Morgan fingerprint density at radius 3 is 2.51 bits per heavy atom. The van der Waals surface area contributed by atoms with Gasteiger partial charge in [-0.15, -0.1) is 0 Å². The minimum absolute atomic E-state index is 0.0600. The highest BCUT2D eigenvalue weighted by Gasteiger charge is 2.57. The van der Waals surface area contributed by atoms with Crippen molar-refractivity contribution in [3.05, 3.63) is 41.5 Å². The maximum Gasteiger partial charge on any atom is 0.332 e. The molecule has 196 valence electrons. The van der Waals surface area contributed by atoms with Crippen molar-refractivity contribution in [1.29, 1.82) is 0 Å². The number of sulfonamides is 1. The SMILES string of the molecule is CCCCCCc1ccccc1NS(=O)(=O)C1CCC2(C=C1C(=O)O)OC(CO)C(CC)(CO)O2. The van der Waals surface area contributed by atoms with Crippen LogP contribution < -0.4 is 4.72 Å². The molecule has 1 spiro atoms. The van der Waals surface area contributed by atoms with Gasteiger partial charge in [-0.05, 0) is 43.4 Å². The predicted molar refractivity (Wildman–Crippen MR) is 131 cm³/mol. The summed E-state index contributed by atoms with van der Waals surface area (Å²) in [6, 6.07) is 7.16. The molecule has 1 saturated heterocycles. The number of hydrogen-bond donors (Lipinski definition) is 4. The van der Waals surface area contributed by atoms with Gasteiger partial charge in [-0.1, -0.05) is 51.3 Å². The third-order valence-corrected chi connectivity index (χ3v) is 8.75. The molecule has 10 heteroatoms. The second-order valence-corrected chi connectivity index (χ2v) is 11.2. The highest BCUT2D eigenvalue weighted by atomic mass is 32.2. The number of nitrogens with one attached hydrogen (secondary N) is 1. The van der Waals surface area contributed by atoms with Crippen LogP contribution in [-0.4, -0.2) is 65.7 Å². The fourth-order valence-corrected chi connectivity index (χ4v) is 6.50. The van der Waals surface area contributed by atoms with Crippen molar-refractivity contribution < 1.29 is 38.0 Å². The smallest absolute Gasteiger partial charge is 0.332 e. The van der Waals surface area contributed by atoms with Gasteiger partial charge in [0.2, 0.25) is 10.0 Å². The average Bonchev–Trinajstić information content (AvgIpc) is 3.15. The molecule has 1 aliphatic heterocycles. The summed E-state index contributed by atoms with van der Waals surface area (Å²) >= 11 is 0. The molecular weight excluding hydrogens is 474 g/mol. The molecule has 1 fully saturated rings. The Balaban J connectivity index is 1.86. The van der Waals surface area contributed by atoms with E-state index in [4.69, 9.17) is 9.47 Å². The van der Waals surface area contributed by atoms with Gasteiger partial charge < -0.3 is 24.8 Å². The molecule has 3 rings (SSSR count). The first-order chi connectivity index (χ1) is 16.7. The summed E-state index contributed by atoms with van der Waals surface area (Å²) < 4.78 is 41.3. The summed E-state index contributed by atoms with van der Waals surface area (Å²) in [6.07, 6.45) is 5.57. The molecule has 1 aromatic rings. The van der Waals surface area contributed by atoms with Crippen LogP contribution in [-0.2, 0) is 30.7 Å². The fraction of sp³-hybridized carbons (Fsp3) is 0.640. The lowest BCUT2D eigenvalue weighted by molar-refractivity contribution is -0.171. The number of unbranched alkanes of at least 4 members (excludes halogenated alkanes) is 3. The number of anilines is 1. The number of aliphatic carboxylic acids is 1. The molecular formula is C25H37NO8S. The zero-order valence-electron chi connectivity index (χ0n) is 20.4. The molecule has 0 aromatic heterocycles. The van der Waals surface area contributed by atoms with Crippen LogP contribution in [0.15, 0.2) is 35.9 Å². The minimum Gasteiger partial charge on any atom is -0.478 e. The average molecular weight is 512 g/mol. The number of hydrogen-bond acceptors (Lipinski definition) is 7. The molecule has 0 amide bonds. The molecule has 0 bridgehead atoms. The maximum atomic E-state index is 13.4. The van der Waals surface area contributed by atoms with Gasteiger partial charge in [0.05, 0.1) is 24.5 Å². The molecule has 4 N–H and O–H groups in total. The highest BCUT2D eigenvalue weighted by Crippen LogP contribution is 2.46. The molecule has 0 saturated carbocycles. The van der Waals surface area contributed by atoms with Gasteiger partial charge in [0.15, 0.2) is 5.79 Å². The van der Waals surface area contributed by atoms with E-state index >= 15 is 0 Å². The van der Waals surface area contributed by atoms with Crippen LogP contribution >= 0.6 is 0 Å². The van der Waals surface area contributed by atoms with Gasteiger partial charge in [0, 0.05) is 6.42 Å². The number of carboxylic acid groups (broad SMARTS) is 1. The molecule has 4 atom stereocenters. The van der Waals surface area contributed by atoms with Crippen molar-refractivity contribution in [3.63, 3.8) is 0 Å². The molecule has 2 aliphatic rings. The Hall–Kier alpha value is -1.98. The fourth-order valence-electron chi connectivity index (χ4n) is 4.92. The van der Waals surface area contributed by atoms with E-state index in [1.165, 1.54) is 6.08 Å². The van der Waals surface area contributed by atoms with Crippen molar-refractivity contribution in [1.82, 2.24) is 0 Å². The molecule has 4 unspecified atom stereocenters. The van der Waals surface area contributed by atoms with Gasteiger partial charge >= 0.3 is 5.97 Å². The number of aryl methyl sites for hydroxylation is 1. The maximum absolute atomic E-state index is 13.4. The van der Waals surface area contributed by atoms with Crippen molar-refractivity contribution in [2.24, 2.45) is 0 Å². The summed E-state index contributed by atoms with van der Waals surface area (Å²) in [5.41, 5.74) is -0.238. The lowest BCUT2D eigenvalue weighted by atomic mass is 9.93. The molecule has 1 aliphatic carbocycles. The first-order valence-electron chi connectivity index (χ1n) is 12.3. The van der Waals surface area contributed by atoms with Crippen LogP contribution in [0, 0.1) is 0 Å². The van der Waals surface area contributed by atoms with Crippen LogP contribution in [0.2, 0.25) is 0 Å². The first-order valence-corrected chi connectivity index (χ1v) is 13.9. The number of benzene rings is 1. The normalized spacial score (nSPS) is 28.7. The van der Waals surface area contributed by atoms with Crippen molar-refractivity contribution >= 4 is 21.7 Å². The van der Waals surface area contributed by atoms with E-state index in [0.29, 0.717) is 12.1 Å². The van der Waals surface area contributed by atoms with Gasteiger partial charge in [0.1, 0.15) is 17.0 Å². The first kappa shape index (κ1) is 27.6. The van der Waals surface area contributed by atoms with Crippen molar-refractivity contribution in [2.45, 2.75) is 88.0 Å². The third kappa shape index (κ3) is 5.89. The Morgan fingerprint density at radius 2 is 1.91 bits per heavy atom. The van der Waals surface area contributed by atoms with E-state index in [-0.39, 0.29) is 18.4 Å². The Morgan fingerprint density at radius 1 is 1.17 bits per heavy atom. The summed E-state index contributed by atoms with van der Waals surface area (Å²) in [6.45, 7) is 3.04. The number of carbonyl (C=O) groups is 1. The lowest BCUT2D eigenvalue weighted by Gasteiger charge is -2.34. The Kier molecular flexibility index (Phi) is 8.98. The number of aliphatic hydroxyl groups excluding tert-OH is 2. The second-order valence-electron chi connectivity index (χ2n) is 9.33. The Bertz CT molecular complexity index is 1020. The Labute approximate surface area is 207 Å². The van der Waals surface area contributed by atoms with E-state index in [1.54, 1.807) is 19.1 Å². The molecule has 1 aromatic carbocycles. The summed E-state index contributed by atoms with van der Waals surface area (Å²) in [5.74, 6) is -2.92. The number of aliphatic hydroxyl groups is 2. The van der Waals surface area contributed by atoms with Gasteiger partial charge in [-0.3, -0.25) is 4.72 Å². The number of ether oxygens (including phenoxy) is 2. The van der Waals surface area contributed by atoms with E-state index in [1.807, 2.05) is 12.1 Å². The molecule has 0 radical (unpaired) electrons. The van der Waals surface area contributed by atoms with Crippen LogP contribution in [0.3, 0.4) is 0 Å². The van der Waals surface area contributed by atoms with Gasteiger partial charge in [-0.25, -0.2) is 13.2 Å². The summed E-state index contributed by atoms with van der Waals surface area (Å²) in [7, 11) is -4.10. The minimum atomic E-state index is -4.10. The van der Waals surface area contributed by atoms with E-state index in [9.17, 15) is 28.5 Å². The largest absolute Gasteiger partial charge is 0.478 e. The van der Waals surface area contributed by atoms with E-state index < -0.39 is 51.9 Å². The zero-order chi connectivity index (χ0) is 25.7. The zero-order valence-corrected chi connectivity index (χ0v) is 21.2. The lowest BCUT2D eigenvalue weighted by Crippen LogP contribution is -2.46. The number of rotatable bonds is 12. The van der Waals surface area contributed by atoms with Crippen LogP contribution in [0.1, 0.15) is 64.4 Å². The van der Waals surface area contributed by atoms with Crippen LogP contribution in [0.25, 0.3) is 0 Å². The van der Waals surface area contributed by atoms with Crippen LogP contribution in [0.4, 0.5) is 5.69 Å². The van der Waals surface area contributed by atoms with Crippen molar-refractivity contribution in [2.75, 3.05) is 17.9 Å². The quantitative estimate of drug-likeness (QED) is 0.314. The van der Waals surface area contributed by atoms with Gasteiger partial charge in [0.25, 0.3) is 0 Å². The summed E-state index contributed by atoms with van der Waals surface area (Å²) in [5, 5.41) is 28.3. The molecule has 1 heterocycles. The van der Waals surface area contributed by atoms with Crippen molar-refractivity contribution in [3.8, 4) is 0 Å². The molecule has 9 nitrogen and oxygen atoms in total. The third-order valence-electron chi connectivity index (χ3n) is 7.00. The monoisotopic (exact) mass is 511 g/mol. The van der Waals surface area contributed by atoms with Gasteiger partial charge in [-0.2, -0.15) is 0 Å². The highest BCUT2D eigenvalue weighted by molar-refractivity contribution is 7.93. The number of carboxylic acids is 1. The molecule has 35 heavy (non-hydrogen) atoms. The predicted octanol–water partition coefficient (Wildman–Crippen LogP) is 2.97. The standard InChI is InChI=1S/C25H37NO8S/c1-3-5-6-7-10-18-11-8-9-12-20(18)26-35(31,32)21-13-14-25(15-19(21)23(29)30)33-22(16-27)24(4-2,17-28)34-25/h8-9,11-12,15,21-22,26-28H,3-7,10,13-14,16-17H2,1-2H3,(H,29,30). The van der Waals surface area contributed by atoms with E-state index in [0.717, 1.165) is 37.7 Å². The van der Waals surface area contributed by atoms with Crippen LogP contribution in [0.5, 0.6) is 0 Å². The topological polar surface area (TPSA) is 142 Å². The second kappa shape index (κ2) is 11.4. The summed E-state index contributed by atoms with van der Waals surface area (Å²) in [4.78, 5) is 12.2. The number of para-hydroxylation sites is 1.